The lowest BCUT2D eigenvalue weighted by molar-refractivity contribution is -0.126. The van der Waals surface area contributed by atoms with E-state index in [1.54, 1.807) is 53.4 Å². The predicted octanol–water partition coefficient (Wildman–Crippen LogP) is 4.03. The second-order valence-corrected chi connectivity index (χ2v) is 8.33. The fourth-order valence-electron chi connectivity index (χ4n) is 3.68. The van der Waals surface area contributed by atoms with Gasteiger partial charge in [-0.15, -0.1) is 0 Å². The predicted molar refractivity (Wildman–Crippen MR) is 131 cm³/mol. The molecule has 7 nitrogen and oxygen atoms in total. The summed E-state index contributed by atoms with van der Waals surface area (Å²) < 4.78 is 5.54. The number of amides is 3. The van der Waals surface area contributed by atoms with Crippen LogP contribution in [-0.4, -0.2) is 30.9 Å². The first kappa shape index (κ1) is 23.3. The Hall–Kier alpha value is -3.84. The van der Waals surface area contributed by atoms with E-state index in [0.29, 0.717) is 35.2 Å². The number of hydrogen-bond donors (Lipinski definition) is 2. The highest BCUT2D eigenvalue weighted by Crippen LogP contribution is 2.27. The average molecular weight is 478 g/mol. The fraction of sp³-hybridized carbons (Fsp3) is 0.192. The quantitative estimate of drug-likeness (QED) is 0.513. The molecule has 1 saturated heterocycles. The molecule has 1 aliphatic heterocycles. The normalized spacial score (nSPS) is 15.1. The van der Waals surface area contributed by atoms with Crippen molar-refractivity contribution in [1.29, 1.82) is 0 Å². The summed E-state index contributed by atoms with van der Waals surface area (Å²) in [6, 6.07) is 23.4. The molecule has 4 rings (SSSR count). The second-order valence-electron chi connectivity index (χ2n) is 7.92. The molecule has 1 unspecified atom stereocenters. The zero-order valence-corrected chi connectivity index (χ0v) is 19.1. The summed E-state index contributed by atoms with van der Waals surface area (Å²) in [5, 5.41) is 6.05. The van der Waals surface area contributed by atoms with Crippen molar-refractivity contribution in [3.8, 4) is 5.75 Å². The zero-order valence-electron chi connectivity index (χ0n) is 18.4. The first-order valence-corrected chi connectivity index (χ1v) is 11.3. The molecular weight excluding hydrogens is 454 g/mol. The van der Waals surface area contributed by atoms with Crippen LogP contribution in [-0.2, 0) is 20.9 Å². The van der Waals surface area contributed by atoms with E-state index in [0.717, 1.165) is 5.56 Å². The van der Waals surface area contributed by atoms with Crippen molar-refractivity contribution in [2.24, 2.45) is 5.92 Å². The first-order valence-electron chi connectivity index (χ1n) is 10.9. The van der Waals surface area contributed by atoms with Crippen molar-refractivity contribution in [2.45, 2.75) is 13.0 Å². The van der Waals surface area contributed by atoms with E-state index < -0.39 is 5.92 Å². The number of halogens is 1. The van der Waals surface area contributed by atoms with Gasteiger partial charge in [-0.1, -0.05) is 54.1 Å². The van der Waals surface area contributed by atoms with Crippen LogP contribution in [0.3, 0.4) is 0 Å². The summed E-state index contributed by atoms with van der Waals surface area (Å²) in [7, 11) is 0. The molecule has 0 bridgehead atoms. The molecule has 1 atom stereocenters. The smallest absolute Gasteiger partial charge is 0.262 e. The average Bonchev–Trinajstić information content (AvgIpc) is 3.25. The van der Waals surface area contributed by atoms with Crippen molar-refractivity contribution < 1.29 is 19.1 Å². The Bertz CT molecular complexity index is 1170. The molecule has 8 heteroatoms. The Morgan fingerprint density at radius 3 is 2.41 bits per heavy atom. The molecule has 174 valence electrons. The largest absolute Gasteiger partial charge is 0.484 e. The van der Waals surface area contributed by atoms with E-state index in [9.17, 15) is 14.4 Å². The number of nitrogens with one attached hydrogen (secondary N) is 2. The maximum atomic E-state index is 12.5. The molecule has 1 heterocycles. The number of carbonyl (C=O) groups excluding carboxylic acids is 3. The van der Waals surface area contributed by atoms with Gasteiger partial charge in [-0.3, -0.25) is 14.4 Å². The minimum Gasteiger partial charge on any atom is -0.484 e. The van der Waals surface area contributed by atoms with Crippen LogP contribution < -0.4 is 20.3 Å². The molecule has 3 amide bonds. The molecule has 1 aliphatic rings. The van der Waals surface area contributed by atoms with Crippen LogP contribution in [0.2, 0.25) is 5.02 Å². The fourth-order valence-corrected chi connectivity index (χ4v) is 3.87. The molecule has 0 radical (unpaired) electrons. The molecule has 3 aromatic rings. The lowest BCUT2D eigenvalue weighted by atomic mass is 10.1. The first-order chi connectivity index (χ1) is 16.5. The third-order valence-electron chi connectivity index (χ3n) is 5.47. The van der Waals surface area contributed by atoms with Crippen LogP contribution in [0, 0.1) is 5.92 Å². The highest BCUT2D eigenvalue weighted by molar-refractivity contribution is 6.33. The summed E-state index contributed by atoms with van der Waals surface area (Å²) >= 11 is 6.04. The van der Waals surface area contributed by atoms with Gasteiger partial charge in [-0.2, -0.15) is 0 Å². The van der Waals surface area contributed by atoms with Crippen molar-refractivity contribution in [3.63, 3.8) is 0 Å². The van der Waals surface area contributed by atoms with Crippen LogP contribution in [0.1, 0.15) is 12.0 Å². The number of rotatable bonds is 8. The minimum absolute atomic E-state index is 0.104. The van der Waals surface area contributed by atoms with Gasteiger partial charge in [0.1, 0.15) is 5.75 Å². The molecule has 2 N–H and O–H groups in total. The minimum atomic E-state index is -0.402. The van der Waals surface area contributed by atoms with Crippen molar-refractivity contribution in [3.05, 3.63) is 89.4 Å². The number of hydrogen-bond acceptors (Lipinski definition) is 4. The van der Waals surface area contributed by atoms with Crippen molar-refractivity contribution in [1.82, 2.24) is 5.32 Å². The molecule has 34 heavy (non-hydrogen) atoms. The number of benzene rings is 3. The third kappa shape index (κ3) is 5.94. The number of carbonyl (C=O) groups is 3. The summed E-state index contributed by atoms with van der Waals surface area (Å²) in [5.41, 5.74) is 2.20. The standard InChI is InChI=1S/C26H24ClN3O4/c27-22-8-4-5-9-23(22)29-24(31)17-34-21-12-10-20(11-13-21)30-16-19(14-25(30)32)26(33)28-15-18-6-2-1-3-7-18/h1-13,19H,14-17H2,(H,28,33)(H,29,31). The van der Waals surface area contributed by atoms with Gasteiger partial charge in [0.25, 0.3) is 5.91 Å². The Morgan fingerprint density at radius 1 is 0.971 bits per heavy atom. The van der Waals surface area contributed by atoms with E-state index in [-0.39, 0.29) is 30.7 Å². The van der Waals surface area contributed by atoms with Gasteiger partial charge < -0.3 is 20.3 Å². The highest BCUT2D eigenvalue weighted by atomic mass is 35.5. The molecular formula is C26H24ClN3O4. The number of ether oxygens (including phenoxy) is 1. The topological polar surface area (TPSA) is 87.7 Å². The summed E-state index contributed by atoms with van der Waals surface area (Å²) in [6.45, 7) is 0.567. The Morgan fingerprint density at radius 2 is 1.68 bits per heavy atom. The number of anilines is 2. The second kappa shape index (κ2) is 10.9. The van der Waals surface area contributed by atoms with E-state index in [1.165, 1.54) is 0 Å². The molecule has 0 saturated carbocycles. The molecule has 0 aromatic heterocycles. The van der Waals surface area contributed by atoms with Crippen LogP contribution in [0.4, 0.5) is 11.4 Å². The van der Waals surface area contributed by atoms with Crippen molar-refractivity contribution >= 4 is 40.7 Å². The van der Waals surface area contributed by atoms with Crippen LogP contribution >= 0.6 is 11.6 Å². The van der Waals surface area contributed by atoms with E-state index in [1.807, 2.05) is 30.3 Å². The summed E-state index contributed by atoms with van der Waals surface area (Å²) in [5.74, 6) is -0.490. The van der Waals surface area contributed by atoms with Gasteiger partial charge in [0.2, 0.25) is 11.8 Å². The number of para-hydroxylation sites is 1. The van der Waals surface area contributed by atoms with Crippen molar-refractivity contribution in [2.75, 3.05) is 23.4 Å². The monoisotopic (exact) mass is 477 g/mol. The van der Waals surface area contributed by atoms with E-state index in [2.05, 4.69) is 10.6 Å². The maximum Gasteiger partial charge on any atom is 0.262 e. The Kier molecular flexibility index (Phi) is 7.44. The lowest BCUT2D eigenvalue weighted by Gasteiger charge is -2.17. The van der Waals surface area contributed by atoms with Gasteiger partial charge in [0.05, 0.1) is 16.6 Å². The maximum absolute atomic E-state index is 12.5. The van der Waals surface area contributed by atoms with Crippen LogP contribution in [0.25, 0.3) is 0 Å². The van der Waals surface area contributed by atoms with E-state index in [4.69, 9.17) is 16.3 Å². The zero-order chi connectivity index (χ0) is 23.9. The SMILES string of the molecule is O=C(COc1ccc(N2CC(C(=O)NCc3ccccc3)CC2=O)cc1)Nc1ccccc1Cl. The molecule has 3 aromatic carbocycles. The molecule has 0 aliphatic carbocycles. The lowest BCUT2D eigenvalue weighted by Crippen LogP contribution is -2.32. The number of nitrogens with zero attached hydrogens (tertiary/aromatic N) is 1. The van der Waals surface area contributed by atoms with Gasteiger partial charge in [-0.25, -0.2) is 0 Å². The van der Waals surface area contributed by atoms with Gasteiger partial charge >= 0.3 is 0 Å². The van der Waals surface area contributed by atoms with Gasteiger partial charge in [-0.05, 0) is 42.0 Å². The Labute approximate surface area is 202 Å². The summed E-state index contributed by atoms with van der Waals surface area (Å²) in [6.07, 6.45) is 0.168. The van der Waals surface area contributed by atoms with Crippen LogP contribution in [0.5, 0.6) is 5.75 Å². The molecule has 0 spiro atoms. The highest BCUT2D eigenvalue weighted by Gasteiger charge is 2.35. The molecule has 1 fully saturated rings. The van der Waals surface area contributed by atoms with Crippen LogP contribution in [0.15, 0.2) is 78.9 Å². The van der Waals surface area contributed by atoms with Gasteiger partial charge in [0.15, 0.2) is 6.61 Å². The van der Waals surface area contributed by atoms with E-state index >= 15 is 0 Å². The van der Waals surface area contributed by atoms with Gasteiger partial charge in [0, 0.05) is 25.2 Å². The third-order valence-corrected chi connectivity index (χ3v) is 5.80. The summed E-state index contributed by atoms with van der Waals surface area (Å²) in [4.78, 5) is 38.8. The Balaban J connectivity index is 1.27.